The SMILES string of the molecule is Cc1cc(C)n(CC(=O)N2C[C@@H](C)O[C@@H](c3nc(C4CC4)no3)C2)n1. The van der Waals surface area contributed by atoms with Crippen molar-refractivity contribution in [2.75, 3.05) is 13.1 Å². The fourth-order valence-electron chi connectivity index (χ4n) is 3.24. The number of nitrogens with zero attached hydrogens (tertiary/aromatic N) is 5. The average Bonchev–Trinajstić information content (AvgIpc) is 3.21. The Morgan fingerprint density at radius 2 is 2.12 bits per heavy atom. The summed E-state index contributed by atoms with van der Waals surface area (Å²) in [6.45, 7) is 7.04. The Morgan fingerprint density at radius 3 is 2.80 bits per heavy atom. The van der Waals surface area contributed by atoms with E-state index in [1.165, 1.54) is 0 Å². The van der Waals surface area contributed by atoms with E-state index in [2.05, 4.69) is 15.2 Å². The smallest absolute Gasteiger partial charge is 0.257 e. The molecular formula is C17H23N5O3. The van der Waals surface area contributed by atoms with E-state index in [-0.39, 0.29) is 24.7 Å². The van der Waals surface area contributed by atoms with Crippen LogP contribution in [0.25, 0.3) is 0 Å². The Bertz CT molecular complexity index is 779. The standard InChI is InChI=1S/C17H23N5O3/c1-10-6-11(2)22(19-10)9-15(23)21-7-12(3)24-14(8-21)17-18-16(20-25-17)13-4-5-13/h6,12-14H,4-5,7-9H2,1-3H3/t12-,14-/m1/s1. The Morgan fingerprint density at radius 1 is 1.32 bits per heavy atom. The van der Waals surface area contributed by atoms with Gasteiger partial charge in [0.1, 0.15) is 6.54 Å². The van der Waals surface area contributed by atoms with Gasteiger partial charge in [0.2, 0.25) is 5.91 Å². The molecule has 4 rings (SSSR count). The zero-order valence-electron chi connectivity index (χ0n) is 14.8. The van der Waals surface area contributed by atoms with Crippen LogP contribution < -0.4 is 0 Å². The van der Waals surface area contributed by atoms with Crippen molar-refractivity contribution < 1.29 is 14.1 Å². The van der Waals surface area contributed by atoms with Crippen molar-refractivity contribution in [2.45, 2.75) is 58.3 Å². The molecule has 2 atom stereocenters. The van der Waals surface area contributed by atoms with Gasteiger partial charge in [-0.1, -0.05) is 5.16 Å². The molecule has 0 N–H and O–H groups in total. The van der Waals surface area contributed by atoms with Crippen LogP contribution in [0.4, 0.5) is 0 Å². The maximum absolute atomic E-state index is 12.7. The van der Waals surface area contributed by atoms with Crippen LogP contribution in [-0.2, 0) is 16.1 Å². The summed E-state index contributed by atoms with van der Waals surface area (Å²) in [6.07, 6.45) is 1.79. The van der Waals surface area contributed by atoms with Crippen molar-refractivity contribution in [3.8, 4) is 0 Å². The predicted octanol–water partition coefficient (Wildman–Crippen LogP) is 1.75. The molecule has 0 aromatic carbocycles. The fraction of sp³-hybridized carbons (Fsp3) is 0.647. The topological polar surface area (TPSA) is 86.3 Å². The molecule has 8 heteroatoms. The highest BCUT2D eigenvalue weighted by Crippen LogP contribution is 2.38. The zero-order valence-corrected chi connectivity index (χ0v) is 14.8. The van der Waals surface area contributed by atoms with E-state index in [0.29, 0.717) is 24.9 Å². The molecule has 0 bridgehead atoms. The van der Waals surface area contributed by atoms with Crippen molar-refractivity contribution in [3.05, 3.63) is 29.2 Å². The number of amides is 1. The first-order chi connectivity index (χ1) is 12.0. The first-order valence-corrected chi connectivity index (χ1v) is 8.77. The van der Waals surface area contributed by atoms with Crippen molar-refractivity contribution >= 4 is 5.91 Å². The van der Waals surface area contributed by atoms with Crippen molar-refractivity contribution in [1.82, 2.24) is 24.8 Å². The first-order valence-electron chi connectivity index (χ1n) is 8.77. The van der Waals surface area contributed by atoms with Gasteiger partial charge >= 0.3 is 0 Å². The predicted molar refractivity (Wildman–Crippen MR) is 87.8 cm³/mol. The number of carbonyl (C=O) groups excluding carboxylic acids is 1. The van der Waals surface area contributed by atoms with Gasteiger partial charge in [-0.05, 0) is 39.7 Å². The highest BCUT2D eigenvalue weighted by Gasteiger charge is 2.35. The number of ether oxygens (including phenoxy) is 1. The minimum Gasteiger partial charge on any atom is -0.362 e. The molecule has 134 valence electrons. The second kappa shape index (κ2) is 6.25. The molecule has 1 aliphatic carbocycles. The number of carbonyl (C=O) groups is 1. The second-order valence-corrected chi connectivity index (χ2v) is 7.08. The number of morpholine rings is 1. The lowest BCUT2D eigenvalue weighted by molar-refractivity contribution is -0.147. The minimum absolute atomic E-state index is 0.0216. The average molecular weight is 345 g/mol. The quantitative estimate of drug-likeness (QED) is 0.839. The zero-order chi connectivity index (χ0) is 17.6. The molecule has 2 aromatic heterocycles. The van der Waals surface area contributed by atoms with Crippen LogP contribution in [0.2, 0.25) is 0 Å². The molecule has 3 heterocycles. The molecule has 0 spiro atoms. The van der Waals surface area contributed by atoms with Crippen LogP contribution in [0.15, 0.2) is 10.6 Å². The molecule has 25 heavy (non-hydrogen) atoms. The normalized spacial score (nSPS) is 23.9. The highest BCUT2D eigenvalue weighted by molar-refractivity contribution is 5.76. The highest BCUT2D eigenvalue weighted by atomic mass is 16.5. The van der Waals surface area contributed by atoms with Crippen LogP contribution in [0.5, 0.6) is 0 Å². The van der Waals surface area contributed by atoms with Gasteiger partial charge < -0.3 is 14.2 Å². The minimum atomic E-state index is -0.367. The summed E-state index contributed by atoms with van der Waals surface area (Å²) in [5, 5.41) is 8.41. The lowest BCUT2D eigenvalue weighted by atomic mass is 10.2. The van der Waals surface area contributed by atoms with E-state index in [0.717, 1.165) is 30.1 Å². The number of aryl methyl sites for hydroxylation is 2. The van der Waals surface area contributed by atoms with Gasteiger partial charge in [-0.3, -0.25) is 9.48 Å². The molecule has 1 saturated heterocycles. The second-order valence-electron chi connectivity index (χ2n) is 7.08. The largest absolute Gasteiger partial charge is 0.362 e. The van der Waals surface area contributed by atoms with Crippen molar-refractivity contribution in [1.29, 1.82) is 0 Å². The van der Waals surface area contributed by atoms with E-state index in [1.54, 1.807) is 9.58 Å². The van der Waals surface area contributed by atoms with Crippen molar-refractivity contribution in [2.24, 2.45) is 0 Å². The summed E-state index contributed by atoms with van der Waals surface area (Å²) in [6, 6.07) is 1.97. The first kappa shape index (κ1) is 16.3. The lowest BCUT2D eigenvalue weighted by Gasteiger charge is -2.35. The van der Waals surface area contributed by atoms with Gasteiger partial charge in [0.15, 0.2) is 11.9 Å². The number of rotatable bonds is 4. The van der Waals surface area contributed by atoms with Crippen LogP contribution in [0, 0.1) is 13.8 Å². The summed E-state index contributed by atoms with van der Waals surface area (Å²) in [5.41, 5.74) is 1.90. The molecule has 1 saturated carbocycles. The molecule has 8 nitrogen and oxygen atoms in total. The van der Waals surface area contributed by atoms with Crippen LogP contribution in [0.1, 0.15) is 54.9 Å². The third-order valence-corrected chi connectivity index (χ3v) is 4.68. The molecule has 2 aliphatic rings. The van der Waals surface area contributed by atoms with Gasteiger partial charge in [-0.15, -0.1) is 0 Å². The fourth-order valence-corrected chi connectivity index (χ4v) is 3.24. The van der Waals surface area contributed by atoms with Gasteiger partial charge in [-0.2, -0.15) is 10.1 Å². The number of hydrogen-bond acceptors (Lipinski definition) is 6. The van der Waals surface area contributed by atoms with E-state index in [4.69, 9.17) is 9.26 Å². The molecule has 2 aromatic rings. The number of hydrogen-bond donors (Lipinski definition) is 0. The summed E-state index contributed by atoms with van der Waals surface area (Å²) in [7, 11) is 0. The van der Waals surface area contributed by atoms with Crippen LogP contribution in [0.3, 0.4) is 0 Å². The van der Waals surface area contributed by atoms with E-state index < -0.39 is 0 Å². The summed E-state index contributed by atoms with van der Waals surface area (Å²) in [4.78, 5) is 19.0. The van der Waals surface area contributed by atoms with Crippen molar-refractivity contribution in [3.63, 3.8) is 0 Å². The molecule has 1 amide bonds. The summed E-state index contributed by atoms with van der Waals surface area (Å²) < 4.78 is 13.1. The van der Waals surface area contributed by atoms with Crippen LogP contribution in [-0.4, -0.2) is 49.9 Å². The molecule has 2 fully saturated rings. The Labute approximate surface area is 146 Å². The molecular weight excluding hydrogens is 322 g/mol. The van der Waals surface area contributed by atoms with E-state index in [1.807, 2.05) is 26.8 Å². The van der Waals surface area contributed by atoms with Gasteiger partial charge in [0.25, 0.3) is 5.89 Å². The van der Waals surface area contributed by atoms with Crippen LogP contribution >= 0.6 is 0 Å². The van der Waals surface area contributed by atoms with Gasteiger partial charge in [0, 0.05) is 18.2 Å². The Kier molecular flexibility index (Phi) is 4.07. The molecule has 1 aliphatic heterocycles. The third-order valence-electron chi connectivity index (χ3n) is 4.68. The number of aromatic nitrogens is 4. The molecule has 0 unspecified atom stereocenters. The Balaban J connectivity index is 1.45. The Hall–Kier alpha value is -2.22. The van der Waals surface area contributed by atoms with Gasteiger partial charge in [-0.25, -0.2) is 0 Å². The lowest BCUT2D eigenvalue weighted by Crippen LogP contribution is -2.47. The monoisotopic (exact) mass is 345 g/mol. The van der Waals surface area contributed by atoms with E-state index >= 15 is 0 Å². The maximum atomic E-state index is 12.7. The van der Waals surface area contributed by atoms with Gasteiger partial charge in [0.05, 0.1) is 18.3 Å². The van der Waals surface area contributed by atoms with E-state index in [9.17, 15) is 4.79 Å². The maximum Gasteiger partial charge on any atom is 0.257 e. The summed E-state index contributed by atoms with van der Waals surface area (Å²) >= 11 is 0. The third kappa shape index (κ3) is 3.44. The summed E-state index contributed by atoms with van der Waals surface area (Å²) in [5.74, 6) is 1.69. The molecule has 0 radical (unpaired) electrons.